The van der Waals surface area contributed by atoms with Crippen molar-refractivity contribution in [2.75, 3.05) is 18.0 Å². The molecule has 2 aromatic carbocycles. The highest BCUT2D eigenvalue weighted by Crippen LogP contribution is 2.27. The molecule has 0 radical (unpaired) electrons. The lowest BCUT2D eigenvalue weighted by atomic mass is 9.90. The number of hydrogen-bond donors (Lipinski definition) is 0. The number of aryl methyl sites for hydroxylation is 3. The van der Waals surface area contributed by atoms with Crippen LogP contribution in [0.25, 0.3) is 5.65 Å². The molecular weight excluding hydrogens is 493 g/mol. The Morgan fingerprint density at radius 3 is 2.08 bits per heavy atom. The Bertz CT molecular complexity index is 1250. The fourth-order valence-corrected chi connectivity index (χ4v) is 5.24. The Balaban J connectivity index is 0.000000876. The van der Waals surface area contributed by atoms with E-state index in [4.69, 9.17) is 4.98 Å². The number of anilines is 1. The molecule has 0 bridgehead atoms. The summed E-state index contributed by atoms with van der Waals surface area (Å²) in [4.78, 5) is 7.38. The van der Waals surface area contributed by atoms with Crippen molar-refractivity contribution >= 4 is 11.3 Å². The third-order valence-corrected chi connectivity index (χ3v) is 7.34. The molecule has 0 atom stereocenters. The predicted molar refractivity (Wildman–Crippen MR) is 172 cm³/mol. The molecule has 4 aromatic rings. The van der Waals surface area contributed by atoms with Crippen molar-refractivity contribution in [1.29, 1.82) is 0 Å². The Labute approximate surface area is 242 Å². The summed E-state index contributed by atoms with van der Waals surface area (Å²) < 4.78 is 15.4. The molecule has 1 aliphatic rings. The monoisotopic (exact) mass is 543 g/mol. The average molecular weight is 544 g/mol. The normalized spacial score (nSPS) is 12.9. The van der Waals surface area contributed by atoms with E-state index < -0.39 is 0 Å². The summed E-state index contributed by atoms with van der Waals surface area (Å²) in [6.07, 6.45) is 8.69. The second-order valence-electron chi connectivity index (χ2n) is 9.73. The van der Waals surface area contributed by atoms with E-state index in [1.54, 1.807) is 12.1 Å². The lowest BCUT2D eigenvalue weighted by molar-refractivity contribution is 0.382. The van der Waals surface area contributed by atoms with Gasteiger partial charge in [-0.25, -0.2) is 9.37 Å². The largest absolute Gasteiger partial charge is 0.372 e. The number of halogens is 1. The summed E-state index contributed by atoms with van der Waals surface area (Å²) in [5.41, 5.74) is 8.68. The van der Waals surface area contributed by atoms with Gasteiger partial charge in [-0.15, -0.1) is 13.2 Å². The highest BCUT2D eigenvalue weighted by Gasteiger charge is 2.19. The molecule has 1 aliphatic heterocycles. The maximum absolute atomic E-state index is 13.1. The van der Waals surface area contributed by atoms with E-state index in [1.165, 1.54) is 53.0 Å². The van der Waals surface area contributed by atoms with Crippen molar-refractivity contribution in [2.24, 2.45) is 5.92 Å². The lowest BCUT2D eigenvalue weighted by Crippen LogP contribution is -2.33. The molecule has 0 aliphatic carbocycles. The van der Waals surface area contributed by atoms with Crippen LogP contribution in [0.2, 0.25) is 0 Å². The minimum atomic E-state index is -0.150. The van der Waals surface area contributed by atoms with Crippen LogP contribution in [0.3, 0.4) is 0 Å². The Kier molecular flexibility index (Phi) is 14.2. The molecule has 0 unspecified atom stereocenters. The van der Waals surface area contributed by atoms with Crippen LogP contribution in [0.4, 0.5) is 10.1 Å². The summed E-state index contributed by atoms with van der Waals surface area (Å²) >= 11 is 0. The van der Waals surface area contributed by atoms with Crippen molar-refractivity contribution in [3.05, 3.63) is 114 Å². The summed E-state index contributed by atoms with van der Waals surface area (Å²) in [5, 5.41) is 0. The number of fused-ring (bicyclic) bond motifs is 1. The molecule has 3 heterocycles. The number of pyridine rings is 1. The van der Waals surface area contributed by atoms with Gasteiger partial charge in [-0.2, -0.15) is 0 Å². The number of imidazole rings is 1. The van der Waals surface area contributed by atoms with Gasteiger partial charge < -0.3 is 9.30 Å². The molecule has 5 rings (SSSR count). The number of nitrogens with zero attached hydrogens (tertiary/aromatic N) is 3. The van der Waals surface area contributed by atoms with Crippen LogP contribution >= 0.6 is 0 Å². The van der Waals surface area contributed by atoms with Crippen molar-refractivity contribution in [3.63, 3.8) is 0 Å². The standard InChI is InChI=1S/C30H34FN3.2C2H6.C2H4/c1-3-28-29(34-19-14-22(2)20-30(34)32-28)21-25-8-12-27(13-9-25)33-17-15-24(16-18-33)5-4-23-6-10-26(31)11-7-23;3*1-2/h6-14,19-20,24H,3-5,15-18,21H2,1-2H3;2*1-2H3;1-2H2. The van der Waals surface area contributed by atoms with Crippen molar-refractivity contribution in [2.45, 2.75) is 80.1 Å². The molecule has 0 spiro atoms. The number of aromatic nitrogens is 2. The highest BCUT2D eigenvalue weighted by atomic mass is 19.1. The predicted octanol–water partition coefficient (Wildman–Crippen LogP) is 9.64. The maximum atomic E-state index is 13.1. The molecule has 0 saturated carbocycles. The van der Waals surface area contributed by atoms with Crippen LogP contribution in [0.15, 0.2) is 80.0 Å². The second-order valence-corrected chi connectivity index (χ2v) is 9.73. The molecule has 3 nitrogen and oxygen atoms in total. The molecule has 1 saturated heterocycles. The first-order valence-electron chi connectivity index (χ1n) is 15.1. The van der Waals surface area contributed by atoms with E-state index in [9.17, 15) is 4.39 Å². The van der Waals surface area contributed by atoms with Gasteiger partial charge in [-0.05, 0) is 98.0 Å². The van der Waals surface area contributed by atoms with E-state index in [2.05, 4.69) is 78.9 Å². The topological polar surface area (TPSA) is 20.5 Å². The molecule has 216 valence electrons. The molecule has 40 heavy (non-hydrogen) atoms. The Hall–Kier alpha value is -3.40. The minimum absolute atomic E-state index is 0.150. The van der Waals surface area contributed by atoms with E-state index in [-0.39, 0.29) is 5.82 Å². The van der Waals surface area contributed by atoms with Crippen molar-refractivity contribution in [1.82, 2.24) is 9.38 Å². The van der Waals surface area contributed by atoms with Crippen LogP contribution in [-0.4, -0.2) is 22.5 Å². The summed E-state index contributed by atoms with van der Waals surface area (Å²) in [6, 6.07) is 20.4. The maximum Gasteiger partial charge on any atom is 0.137 e. The molecule has 2 aromatic heterocycles. The van der Waals surface area contributed by atoms with Gasteiger partial charge in [0.25, 0.3) is 0 Å². The smallest absolute Gasteiger partial charge is 0.137 e. The fraction of sp³-hybridized carbons (Fsp3) is 0.417. The SMILES string of the molecule is C=C.CC.CC.CCc1nc2cc(C)ccn2c1Cc1ccc(N2CCC(CCc3ccc(F)cc3)CC2)cc1. The molecule has 1 fully saturated rings. The van der Waals surface area contributed by atoms with Gasteiger partial charge in [0.15, 0.2) is 0 Å². The van der Waals surface area contributed by atoms with Crippen LogP contribution in [-0.2, 0) is 19.3 Å². The zero-order valence-corrected chi connectivity index (χ0v) is 25.7. The first kappa shape index (κ1) is 32.8. The highest BCUT2D eigenvalue weighted by molar-refractivity contribution is 5.50. The molecule has 0 N–H and O–H groups in total. The van der Waals surface area contributed by atoms with Gasteiger partial charge in [0, 0.05) is 37.1 Å². The number of benzene rings is 2. The first-order chi connectivity index (χ1) is 19.6. The van der Waals surface area contributed by atoms with Crippen LogP contribution in [0.1, 0.15) is 82.0 Å². The van der Waals surface area contributed by atoms with E-state index in [0.717, 1.165) is 43.9 Å². The third-order valence-electron chi connectivity index (χ3n) is 7.34. The van der Waals surface area contributed by atoms with E-state index in [1.807, 2.05) is 39.8 Å². The molecule has 0 amide bonds. The van der Waals surface area contributed by atoms with Crippen LogP contribution in [0, 0.1) is 18.7 Å². The summed E-state index contributed by atoms with van der Waals surface area (Å²) in [5.74, 6) is 0.606. The second kappa shape index (κ2) is 17.3. The van der Waals surface area contributed by atoms with Gasteiger partial charge in [-0.1, -0.05) is 58.9 Å². The van der Waals surface area contributed by atoms with Gasteiger partial charge >= 0.3 is 0 Å². The number of hydrogen-bond acceptors (Lipinski definition) is 2. The quantitative estimate of drug-likeness (QED) is 0.216. The van der Waals surface area contributed by atoms with Crippen LogP contribution < -0.4 is 4.90 Å². The Morgan fingerprint density at radius 1 is 0.875 bits per heavy atom. The number of piperidine rings is 1. The van der Waals surface area contributed by atoms with Gasteiger partial charge in [-0.3, -0.25) is 0 Å². The van der Waals surface area contributed by atoms with Gasteiger partial charge in [0.1, 0.15) is 11.5 Å². The van der Waals surface area contributed by atoms with E-state index in [0.29, 0.717) is 0 Å². The number of rotatable bonds is 7. The van der Waals surface area contributed by atoms with Crippen LogP contribution in [0.5, 0.6) is 0 Å². The lowest BCUT2D eigenvalue weighted by Gasteiger charge is -2.33. The van der Waals surface area contributed by atoms with Crippen molar-refractivity contribution in [3.8, 4) is 0 Å². The van der Waals surface area contributed by atoms with Gasteiger partial charge in [0.2, 0.25) is 0 Å². The average Bonchev–Trinajstić information content (AvgIpc) is 3.36. The third kappa shape index (κ3) is 8.81. The molecule has 4 heteroatoms. The van der Waals surface area contributed by atoms with Gasteiger partial charge in [0.05, 0.1) is 5.69 Å². The fourth-order valence-electron chi connectivity index (χ4n) is 5.24. The minimum Gasteiger partial charge on any atom is -0.372 e. The molecular formula is C36H50FN3. The summed E-state index contributed by atoms with van der Waals surface area (Å²) in [6.45, 7) is 20.5. The first-order valence-corrected chi connectivity index (χ1v) is 15.1. The zero-order chi connectivity index (χ0) is 29.5. The Morgan fingerprint density at radius 2 is 1.48 bits per heavy atom. The summed E-state index contributed by atoms with van der Waals surface area (Å²) in [7, 11) is 0. The van der Waals surface area contributed by atoms with E-state index >= 15 is 0 Å². The van der Waals surface area contributed by atoms with Crippen molar-refractivity contribution < 1.29 is 4.39 Å². The zero-order valence-electron chi connectivity index (χ0n) is 25.7.